The van der Waals surface area contributed by atoms with Crippen LogP contribution in [0, 0.1) is 0 Å². The van der Waals surface area contributed by atoms with Gasteiger partial charge in [0.15, 0.2) is 0 Å². The summed E-state index contributed by atoms with van der Waals surface area (Å²) >= 11 is 0. The van der Waals surface area contributed by atoms with Crippen molar-refractivity contribution in [1.29, 1.82) is 0 Å². The molecular weight excluding hydrogens is 326 g/mol. The van der Waals surface area contributed by atoms with Crippen molar-refractivity contribution in [3.8, 4) is 0 Å². The standard InChI is InChI=1S/C21H27N3O2/c1-2-23-11-13-24(14-12-23)16-18-5-9-20(10-6-18)22-15-17-3-7-19(8-4-17)21(25)26/h3-10,22H,2,11-16H2,1H3,(H,25,26). The molecule has 0 aliphatic carbocycles. The normalized spacial score (nSPS) is 15.7. The molecule has 0 saturated carbocycles. The first-order chi connectivity index (χ1) is 12.6. The Hall–Kier alpha value is -2.37. The fraction of sp³-hybridized carbons (Fsp3) is 0.381. The van der Waals surface area contributed by atoms with Gasteiger partial charge in [-0.3, -0.25) is 4.90 Å². The Morgan fingerprint density at radius 2 is 1.50 bits per heavy atom. The number of aromatic carboxylic acids is 1. The summed E-state index contributed by atoms with van der Waals surface area (Å²) in [5.74, 6) is -0.892. The van der Waals surface area contributed by atoms with Crippen LogP contribution in [0.3, 0.4) is 0 Å². The molecule has 3 rings (SSSR count). The van der Waals surface area contributed by atoms with Gasteiger partial charge in [0.2, 0.25) is 0 Å². The SMILES string of the molecule is CCN1CCN(Cc2ccc(NCc3ccc(C(=O)O)cc3)cc2)CC1. The molecule has 2 aromatic carbocycles. The van der Waals surface area contributed by atoms with Crippen LogP contribution in [-0.4, -0.2) is 53.6 Å². The maximum Gasteiger partial charge on any atom is 0.335 e. The van der Waals surface area contributed by atoms with E-state index in [0.717, 1.165) is 50.5 Å². The number of nitrogens with one attached hydrogen (secondary N) is 1. The van der Waals surface area contributed by atoms with Gasteiger partial charge in [0.05, 0.1) is 5.56 Å². The predicted molar refractivity (Wildman–Crippen MR) is 105 cm³/mol. The Labute approximate surface area is 155 Å². The van der Waals surface area contributed by atoms with E-state index < -0.39 is 5.97 Å². The molecule has 0 radical (unpaired) electrons. The van der Waals surface area contributed by atoms with E-state index >= 15 is 0 Å². The first-order valence-corrected chi connectivity index (χ1v) is 9.24. The number of likely N-dealkylation sites (N-methyl/N-ethyl adjacent to an activating group) is 1. The molecule has 0 spiro atoms. The zero-order valence-electron chi connectivity index (χ0n) is 15.3. The molecule has 1 heterocycles. The zero-order valence-corrected chi connectivity index (χ0v) is 15.3. The molecule has 26 heavy (non-hydrogen) atoms. The Kier molecular flexibility index (Phi) is 6.26. The van der Waals surface area contributed by atoms with Crippen LogP contribution < -0.4 is 5.32 Å². The molecule has 0 amide bonds. The number of anilines is 1. The number of carbonyl (C=O) groups is 1. The monoisotopic (exact) mass is 353 g/mol. The molecule has 1 fully saturated rings. The molecule has 2 N–H and O–H groups in total. The predicted octanol–water partition coefficient (Wildman–Crippen LogP) is 3.13. The molecule has 1 aliphatic rings. The number of carboxylic acid groups (broad SMARTS) is 1. The lowest BCUT2D eigenvalue weighted by molar-refractivity contribution is 0.0697. The van der Waals surface area contributed by atoms with E-state index in [0.29, 0.717) is 12.1 Å². The second-order valence-electron chi connectivity index (χ2n) is 6.76. The van der Waals surface area contributed by atoms with Crippen molar-refractivity contribution in [2.24, 2.45) is 0 Å². The largest absolute Gasteiger partial charge is 0.478 e. The molecule has 1 saturated heterocycles. The van der Waals surface area contributed by atoms with Crippen molar-refractivity contribution in [3.63, 3.8) is 0 Å². The number of piperazine rings is 1. The van der Waals surface area contributed by atoms with E-state index in [1.165, 1.54) is 5.56 Å². The summed E-state index contributed by atoms with van der Waals surface area (Å²) in [6.07, 6.45) is 0. The van der Waals surface area contributed by atoms with Gasteiger partial charge in [-0.05, 0) is 41.9 Å². The number of rotatable bonds is 7. The van der Waals surface area contributed by atoms with Gasteiger partial charge < -0.3 is 15.3 Å². The Bertz CT molecular complexity index is 705. The van der Waals surface area contributed by atoms with Crippen molar-refractivity contribution in [2.75, 3.05) is 38.0 Å². The van der Waals surface area contributed by atoms with Crippen LogP contribution >= 0.6 is 0 Å². The summed E-state index contributed by atoms with van der Waals surface area (Å²) in [7, 11) is 0. The van der Waals surface area contributed by atoms with Crippen LogP contribution in [0.1, 0.15) is 28.4 Å². The number of carboxylic acids is 1. The Balaban J connectivity index is 1.47. The van der Waals surface area contributed by atoms with Gasteiger partial charge in [0.1, 0.15) is 0 Å². The smallest absolute Gasteiger partial charge is 0.335 e. The van der Waals surface area contributed by atoms with Gasteiger partial charge in [0.25, 0.3) is 0 Å². The molecule has 2 aromatic rings. The van der Waals surface area contributed by atoms with E-state index in [1.807, 2.05) is 12.1 Å². The first kappa shape index (κ1) is 18.4. The number of hydrogen-bond acceptors (Lipinski definition) is 4. The molecule has 5 nitrogen and oxygen atoms in total. The lowest BCUT2D eigenvalue weighted by Crippen LogP contribution is -2.45. The van der Waals surface area contributed by atoms with E-state index in [-0.39, 0.29) is 0 Å². The quantitative estimate of drug-likeness (QED) is 0.801. The third-order valence-electron chi connectivity index (χ3n) is 4.97. The summed E-state index contributed by atoms with van der Waals surface area (Å²) in [6.45, 7) is 9.66. The molecule has 0 bridgehead atoms. The lowest BCUT2D eigenvalue weighted by atomic mass is 10.1. The van der Waals surface area contributed by atoms with Gasteiger partial charge >= 0.3 is 5.97 Å². The summed E-state index contributed by atoms with van der Waals surface area (Å²) in [4.78, 5) is 15.9. The minimum Gasteiger partial charge on any atom is -0.478 e. The maximum atomic E-state index is 10.9. The van der Waals surface area contributed by atoms with Crippen molar-refractivity contribution in [1.82, 2.24) is 9.80 Å². The van der Waals surface area contributed by atoms with Gasteiger partial charge in [-0.15, -0.1) is 0 Å². The molecule has 0 aromatic heterocycles. The van der Waals surface area contributed by atoms with Gasteiger partial charge in [-0.1, -0.05) is 31.2 Å². The Morgan fingerprint density at radius 1 is 0.923 bits per heavy atom. The molecular formula is C21H27N3O2. The van der Waals surface area contributed by atoms with Crippen LogP contribution in [0.15, 0.2) is 48.5 Å². The van der Waals surface area contributed by atoms with Gasteiger partial charge in [0, 0.05) is 45.0 Å². The second kappa shape index (κ2) is 8.83. The van der Waals surface area contributed by atoms with E-state index in [1.54, 1.807) is 12.1 Å². The lowest BCUT2D eigenvalue weighted by Gasteiger charge is -2.34. The highest BCUT2D eigenvalue weighted by Crippen LogP contribution is 2.14. The van der Waals surface area contributed by atoms with Crippen LogP contribution in [0.2, 0.25) is 0 Å². The molecule has 0 unspecified atom stereocenters. The maximum absolute atomic E-state index is 10.9. The van der Waals surface area contributed by atoms with Crippen molar-refractivity contribution < 1.29 is 9.90 Å². The topological polar surface area (TPSA) is 55.8 Å². The summed E-state index contributed by atoms with van der Waals surface area (Å²) < 4.78 is 0. The van der Waals surface area contributed by atoms with Crippen LogP contribution in [0.25, 0.3) is 0 Å². The van der Waals surface area contributed by atoms with Crippen molar-refractivity contribution >= 4 is 11.7 Å². The number of hydrogen-bond donors (Lipinski definition) is 2. The van der Waals surface area contributed by atoms with Crippen LogP contribution in [0.4, 0.5) is 5.69 Å². The highest BCUT2D eigenvalue weighted by Gasteiger charge is 2.15. The van der Waals surface area contributed by atoms with Crippen molar-refractivity contribution in [3.05, 3.63) is 65.2 Å². The van der Waals surface area contributed by atoms with E-state index in [2.05, 4.69) is 46.3 Å². The highest BCUT2D eigenvalue weighted by molar-refractivity contribution is 5.87. The van der Waals surface area contributed by atoms with Gasteiger partial charge in [-0.25, -0.2) is 4.79 Å². The van der Waals surface area contributed by atoms with Crippen LogP contribution in [0.5, 0.6) is 0 Å². The Morgan fingerprint density at radius 3 is 2.08 bits per heavy atom. The zero-order chi connectivity index (χ0) is 18.4. The molecule has 138 valence electrons. The average molecular weight is 353 g/mol. The van der Waals surface area contributed by atoms with Crippen molar-refractivity contribution in [2.45, 2.75) is 20.0 Å². The first-order valence-electron chi connectivity index (χ1n) is 9.24. The fourth-order valence-electron chi connectivity index (χ4n) is 3.22. The summed E-state index contributed by atoms with van der Waals surface area (Å²) in [5.41, 5.74) is 3.80. The third kappa shape index (κ3) is 5.07. The molecule has 5 heteroatoms. The number of nitrogens with zero attached hydrogens (tertiary/aromatic N) is 2. The summed E-state index contributed by atoms with van der Waals surface area (Å²) in [6, 6.07) is 15.6. The second-order valence-corrected chi connectivity index (χ2v) is 6.76. The third-order valence-corrected chi connectivity index (χ3v) is 4.97. The van der Waals surface area contributed by atoms with Gasteiger partial charge in [-0.2, -0.15) is 0 Å². The minimum atomic E-state index is -0.892. The van der Waals surface area contributed by atoms with E-state index in [4.69, 9.17) is 5.11 Å². The fourth-order valence-corrected chi connectivity index (χ4v) is 3.22. The molecule has 1 aliphatic heterocycles. The van der Waals surface area contributed by atoms with E-state index in [9.17, 15) is 4.79 Å². The summed E-state index contributed by atoms with van der Waals surface area (Å²) in [5, 5.41) is 12.3. The number of benzene rings is 2. The average Bonchev–Trinajstić information content (AvgIpc) is 2.68. The molecule has 0 atom stereocenters. The highest BCUT2D eigenvalue weighted by atomic mass is 16.4. The van der Waals surface area contributed by atoms with Crippen LogP contribution in [-0.2, 0) is 13.1 Å². The minimum absolute atomic E-state index is 0.317.